The first-order valence-corrected chi connectivity index (χ1v) is 13.2. The zero-order valence-corrected chi connectivity index (χ0v) is 21.6. The summed E-state index contributed by atoms with van der Waals surface area (Å²) in [7, 11) is 0. The molecular weight excluding hydrogens is 468 g/mol. The molecule has 2 heterocycles. The van der Waals surface area contributed by atoms with Crippen LogP contribution in [0.3, 0.4) is 0 Å². The molecule has 1 aromatic heterocycles. The fourth-order valence-electron chi connectivity index (χ4n) is 4.48. The lowest BCUT2D eigenvalue weighted by Gasteiger charge is -2.35. The Morgan fingerprint density at radius 3 is 2.44 bits per heavy atom. The Morgan fingerprint density at radius 1 is 1.03 bits per heavy atom. The number of anilines is 1. The number of carbonyl (C=O) groups excluding carboxylic acids is 1. The van der Waals surface area contributed by atoms with Gasteiger partial charge in [-0.25, -0.2) is 4.79 Å². The van der Waals surface area contributed by atoms with Gasteiger partial charge in [-0.15, -0.1) is 11.8 Å². The Balaban J connectivity index is 1.62. The van der Waals surface area contributed by atoms with Crippen molar-refractivity contribution < 1.29 is 9.32 Å². The first-order valence-electron chi connectivity index (χ1n) is 11.9. The molecule has 1 atom stereocenters. The highest BCUT2D eigenvalue weighted by Gasteiger charge is 2.36. The van der Waals surface area contributed by atoms with Gasteiger partial charge in [0.05, 0.1) is 17.3 Å². The van der Waals surface area contributed by atoms with Crippen molar-refractivity contribution in [2.24, 2.45) is 0 Å². The minimum Gasteiger partial charge on any atom is -0.334 e. The van der Waals surface area contributed by atoms with E-state index < -0.39 is 6.04 Å². The summed E-state index contributed by atoms with van der Waals surface area (Å²) < 4.78 is 5.82. The minimum atomic E-state index is -0.420. The predicted molar refractivity (Wildman–Crippen MR) is 145 cm³/mol. The van der Waals surface area contributed by atoms with Crippen LogP contribution in [0, 0.1) is 6.92 Å². The van der Waals surface area contributed by atoms with E-state index >= 15 is 0 Å². The Morgan fingerprint density at radius 2 is 1.78 bits per heavy atom. The number of hydrogen-bond acceptors (Lipinski definition) is 5. The van der Waals surface area contributed by atoms with Crippen LogP contribution < -0.4 is 10.2 Å². The average molecular weight is 497 g/mol. The van der Waals surface area contributed by atoms with Crippen molar-refractivity contribution in [3.63, 3.8) is 0 Å². The van der Waals surface area contributed by atoms with Gasteiger partial charge in [0.25, 0.3) is 5.89 Å². The number of aromatic nitrogens is 2. The molecule has 4 aromatic rings. The lowest BCUT2D eigenvalue weighted by molar-refractivity contribution is 0.244. The number of urea groups is 1. The largest absolute Gasteiger partial charge is 0.334 e. The van der Waals surface area contributed by atoms with Crippen LogP contribution >= 0.6 is 11.8 Å². The smallest absolute Gasteiger partial charge is 0.326 e. The highest BCUT2D eigenvalue weighted by atomic mass is 32.2. The third kappa shape index (κ3) is 4.54. The number of nitrogens with zero attached hydrogens (tertiary/aromatic N) is 3. The van der Waals surface area contributed by atoms with Crippen molar-refractivity contribution in [3.05, 3.63) is 101 Å². The van der Waals surface area contributed by atoms with Crippen molar-refractivity contribution in [2.75, 3.05) is 11.2 Å². The highest BCUT2D eigenvalue weighted by Crippen LogP contribution is 2.39. The van der Waals surface area contributed by atoms with Gasteiger partial charge in [-0.1, -0.05) is 48.5 Å². The molecule has 0 radical (unpaired) electrons. The van der Waals surface area contributed by atoms with Gasteiger partial charge in [0.2, 0.25) is 5.82 Å². The molecule has 0 saturated heterocycles. The Hall–Kier alpha value is -3.84. The van der Waals surface area contributed by atoms with Crippen LogP contribution in [0.4, 0.5) is 10.5 Å². The molecule has 0 saturated carbocycles. The van der Waals surface area contributed by atoms with Crippen LogP contribution in [-0.2, 0) is 6.42 Å². The molecule has 1 aliphatic rings. The van der Waals surface area contributed by atoms with Crippen LogP contribution in [0.15, 0.2) is 87.9 Å². The van der Waals surface area contributed by atoms with E-state index in [4.69, 9.17) is 9.51 Å². The van der Waals surface area contributed by atoms with Crippen LogP contribution in [0.1, 0.15) is 42.5 Å². The standard InChI is InChI=1S/C29H28N4O2S/c1-5-20-9-11-21(12-10-20)26-25(19(3)33(29(34)30-26)23-8-6-7-18(2)17-23)28-31-27(32-35-28)22-13-15-24(36-4)16-14-22/h6-17,26H,5H2,1-4H3,(H,30,34). The predicted octanol–water partition coefficient (Wildman–Crippen LogP) is 7.03. The number of aryl methyl sites for hydroxylation is 2. The van der Waals surface area contributed by atoms with Gasteiger partial charge >= 0.3 is 6.03 Å². The summed E-state index contributed by atoms with van der Waals surface area (Å²) in [6, 6.07) is 23.6. The van der Waals surface area contributed by atoms with Gasteiger partial charge in [-0.3, -0.25) is 4.90 Å². The van der Waals surface area contributed by atoms with Crippen molar-refractivity contribution >= 4 is 29.1 Å². The number of hydrogen-bond donors (Lipinski definition) is 1. The lowest BCUT2D eigenvalue weighted by atomic mass is 9.93. The summed E-state index contributed by atoms with van der Waals surface area (Å²) in [5.41, 5.74) is 6.46. The Bertz CT molecular complexity index is 1420. The van der Waals surface area contributed by atoms with Crippen molar-refractivity contribution in [1.29, 1.82) is 0 Å². The zero-order valence-electron chi connectivity index (χ0n) is 20.8. The molecule has 2 amide bonds. The molecule has 0 bridgehead atoms. The second kappa shape index (κ2) is 10.0. The first kappa shape index (κ1) is 23.9. The second-order valence-electron chi connectivity index (χ2n) is 8.80. The number of thioether (sulfide) groups is 1. The maximum absolute atomic E-state index is 13.4. The highest BCUT2D eigenvalue weighted by molar-refractivity contribution is 7.98. The summed E-state index contributed by atoms with van der Waals surface area (Å²) >= 11 is 1.68. The quantitative estimate of drug-likeness (QED) is 0.290. The minimum absolute atomic E-state index is 0.196. The molecule has 0 spiro atoms. The normalized spacial score (nSPS) is 15.8. The summed E-state index contributed by atoms with van der Waals surface area (Å²) in [6.45, 7) is 6.06. The number of benzene rings is 3. The van der Waals surface area contributed by atoms with Crippen molar-refractivity contribution in [3.8, 4) is 11.4 Å². The van der Waals surface area contributed by atoms with E-state index in [1.165, 1.54) is 10.5 Å². The summed E-state index contributed by atoms with van der Waals surface area (Å²) in [5, 5.41) is 7.46. The van der Waals surface area contributed by atoms with Gasteiger partial charge in [-0.2, -0.15) is 4.98 Å². The number of allylic oxidation sites excluding steroid dienone is 1. The number of rotatable bonds is 6. The number of carbonyl (C=O) groups is 1. The molecule has 3 aromatic carbocycles. The molecule has 36 heavy (non-hydrogen) atoms. The van der Waals surface area contributed by atoms with Gasteiger partial charge in [-0.05, 0) is 79.6 Å². The zero-order chi connectivity index (χ0) is 25.2. The van der Waals surface area contributed by atoms with Crippen LogP contribution in [0.25, 0.3) is 17.0 Å². The fraction of sp³-hybridized carbons (Fsp3) is 0.207. The van der Waals surface area contributed by atoms with E-state index in [2.05, 4.69) is 41.7 Å². The third-order valence-corrected chi connectivity index (χ3v) is 7.21. The summed E-state index contributed by atoms with van der Waals surface area (Å²) in [5.74, 6) is 0.899. The van der Waals surface area contributed by atoms with Gasteiger partial charge < -0.3 is 9.84 Å². The average Bonchev–Trinajstić information content (AvgIpc) is 3.38. The molecule has 7 heteroatoms. The van der Waals surface area contributed by atoms with Gasteiger partial charge in [0.15, 0.2) is 0 Å². The maximum Gasteiger partial charge on any atom is 0.326 e. The van der Waals surface area contributed by atoms with E-state index in [1.807, 2.05) is 68.6 Å². The maximum atomic E-state index is 13.4. The fourth-order valence-corrected chi connectivity index (χ4v) is 4.89. The monoisotopic (exact) mass is 496 g/mol. The topological polar surface area (TPSA) is 71.3 Å². The summed E-state index contributed by atoms with van der Waals surface area (Å²) in [6.07, 6.45) is 2.99. The van der Waals surface area contributed by atoms with Crippen LogP contribution in [0.2, 0.25) is 0 Å². The SMILES string of the molecule is CCc1ccc(C2NC(=O)N(c3cccc(C)c3)C(C)=C2c2nc(-c3ccc(SC)cc3)no2)cc1. The molecule has 5 rings (SSSR count). The van der Waals surface area contributed by atoms with E-state index in [0.29, 0.717) is 11.7 Å². The van der Waals surface area contributed by atoms with E-state index in [-0.39, 0.29) is 6.03 Å². The van der Waals surface area contributed by atoms with Gasteiger partial charge in [0, 0.05) is 16.2 Å². The molecular formula is C29H28N4O2S. The van der Waals surface area contributed by atoms with E-state index in [1.54, 1.807) is 16.7 Å². The lowest BCUT2D eigenvalue weighted by Crippen LogP contribution is -2.46. The van der Waals surface area contributed by atoms with Gasteiger partial charge in [0.1, 0.15) is 0 Å². The van der Waals surface area contributed by atoms with Crippen molar-refractivity contribution in [1.82, 2.24) is 15.5 Å². The number of nitrogens with one attached hydrogen (secondary N) is 1. The molecule has 1 unspecified atom stereocenters. The van der Waals surface area contributed by atoms with E-state index in [9.17, 15) is 4.79 Å². The second-order valence-corrected chi connectivity index (χ2v) is 9.68. The Kier molecular flexibility index (Phi) is 6.65. The number of amides is 2. The van der Waals surface area contributed by atoms with E-state index in [0.717, 1.165) is 40.1 Å². The first-order chi connectivity index (χ1) is 17.5. The Labute approximate surface area is 215 Å². The molecule has 1 aliphatic heterocycles. The third-order valence-electron chi connectivity index (χ3n) is 6.47. The molecule has 182 valence electrons. The molecule has 6 nitrogen and oxygen atoms in total. The van der Waals surface area contributed by atoms with Crippen molar-refractivity contribution in [2.45, 2.75) is 38.1 Å². The summed E-state index contributed by atoms with van der Waals surface area (Å²) in [4.78, 5) is 21.0. The molecule has 1 N–H and O–H groups in total. The molecule has 0 fully saturated rings. The van der Waals surface area contributed by atoms with Crippen LogP contribution in [-0.4, -0.2) is 22.4 Å². The molecule has 0 aliphatic carbocycles. The van der Waals surface area contributed by atoms with Crippen LogP contribution in [0.5, 0.6) is 0 Å².